The van der Waals surface area contributed by atoms with E-state index < -0.39 is 31.6 Å². The Hall–Kier alpha value is -1.71. The summed E-state index contributed by atoms with van der Waals surface area (Å²) in [5, 5.41) is 11.2. The fourth-order valence-electron chi connectivity index (χ4n) is 2.55. The van der Waals surface area contributed by atoms with Crippen molar-refractivity contribution in [1.82, 2.24) is 9.21 Å². The lowest BCUT2D eigenvalue weighted by atomic mass is 10.2. The van der Waals surface area contributed by atoms with Crippen LogP contribution in [0.3, 0.4) is 0 Å². The fourth-order valence-corrected chi connectivity index (χ4v) is 4.51. The van der Waals surface area contributed by atoms with Crippen molar-refractivity contribution in [3.63, 3.8) is 0 Å². The minimum atomic E-state index is -4.17. The number of sulfonamides is 1. The van der Waals surface area contributed by atoms with Crippen molar-refractivity contribution < 1.29 is 18.1 Å². The van der Waals surface area contributed by atoms with Gasteiger partial charge in [0.1, 0.15) is 6.04 Å². The van der Waals surface area contributed by atoms with Crippen LogP contribution < -0.4 is 0 Å². The van der Waals surface area contributed by atoms with E-state index >= 15 is 0 Å². The highest BCUT2D eigenvalue weighted by molar-refractivity contribution is 7.89. The van der Waals surface area contributed by atoms with Crippen LogP contribution in [0.2, 0.25) is 5.02 Å². The third-order valence-corrected chi connectivity index (χ3v) is 5.82. The molecule has 1 aliphatic rings. The number of hydrogen-bond acceptors (Lipinski definition) is 5. The molecule has 0 saturated carbocycles. The SMILES string of the molecule is CN(C)C(=O)C1CCCN1S(=O)(=O)c1ccc(Cl)cc1[N+](=O)[O-]. The molecule has 0 bridgehead atoms. The topological polar surface area (TPSA) is 101 Å². The number of halogens is 1. The zero-order chi connectivity index (χ0) is 17.4. The van der Waals surface area contributed by atoms with Crippen LogP contribution in [0.25, 0.3) is 0 Å². The van der Waals surface area contributed by atoms with Gasteiger partial charge in [-0.05, 0) is 25.0 Å². The highest BCUT2D eigenvalue weighted by Crippen LogP contribution is 2.33. The Morgan fingerprint density at radius 2 is 2.09 bits per heavy atom. The Bertz CT molecular complexity index is 750. The maximum atomic E-state index is 12.8. The van der Waals surface area contributed by atoms with E-state index in [-0.39, 0.29) is 17.5 Å². The van der Waals surface area contributed by atoms with Gasteiger partial charge in [-0.3, -0.25) is 14.9 Å². The van der Waals surface area contributed by atoms with Gasteiger partial charge in [0.25, 0.3) is 15.7 Å². The van der Waals surface area contributed by atoms with Crippen molar-refractivity contribution in [2.45, 2.75) is 23.8 Å². The molecule has 0 radical (unpaired) electrons. The molecule has 2 rings (SSSR count). The summed E-state index contributed by atoms with van der Waals surface area (Å²) in [5.41, 5.74) is -0.597. The minimum absolute atomic E-state index is 0.0676. The van der Waals surface area contributed by atoms with Crippen LogP contribution in [-0.4, -0.2) is 55.1 Å². The highest BCUT2D eigenvalue weighted by atomic mass is 35.5. The molecule has 1 atom stereocenters. The van der Waals surface area contributed by atoms with Crippen molar-refractivity contribution in [3.05, 3.63) is 33.3 Å². The predicted octanol–water partition coefficient (Wildman–Crippen LogP) is 1.49. The molecule has 0 aromatic heterocycles. The van der Waals surface area contributed by atoms with Gasteiger partial charge < -0.3 is 4.90 Å². The first-order chi connectivity index (χ1) is 10.7. The first-order valence-electron chi connectivity index (χ1n) is 6.83. The lowest BCUT2D eigenvalue weighted by molar-refractivity contribution is -0.387. The van der Waals surface area contributed by atoms with E-state index in [0.717, 1.165) is 16.4 Å². The summed E-state index contributed by atoms with van der Waals surface area (Å²) in [6, 6.07) is 2.53. The number of carbonyl (C=O) groups is 1. The van der Waals surface area contributed by atoms with Crippen LogP contribution >= 0.6 is 11.6 Å². The van der Waals surface area contributed by atoms with Crippen LogP contribution in [0, 0.1) is 10.1 Å². The smallest absolute Gasteiger partial charge is 0.290 e. The minimum Gasteiger partial charge on any atom is -0.347 e. The molecule has 0 aliphatic carbocycles. The molecule has 1 unspecified atom stereocenters. The number of benzene rings is 1. The average Bonchev–Trinajstić information content (AvgIpc) is 2.95. The molecule has 1 aliphatic heterocycles. The van der Waals surface area contributed by atoms with E-state index in [1.807, 2.05) is 0 Å². The zero-order valence-electron chi connectivity index (χ0n) is 12.6. The molecule has 1 amide bonds. The molecule has 1 saturated heterocycles. The number of nitrogens with zero attached hydrogens (tertiary/aromatic N) is 3. The second kappa shape index (κ2) is 6.42. The van der Waals surface area contributed by atoms with Gasteiger partial charge in [0.15, 0.2) is 4.90 Å². The number of amides is 1. The summed E-state index contributed by atoms with van der Waals surface area (Å²) in [4.78, 5) is 23.4. The molecule has 1 heterocycles. The molecule has 0 spiro atoms. The van der Waals surface area contributed by atoms with E-state index in [2.05, 4.69) is 0 Å². The molecule has 10 heteroatoms. The number of hydrogen-bond donors (Lipinski definition) is 0. The molecule has 23 heavy (non-hydrogen) atoms. The Labute approximate surface area is 138 Å². The van der Waals surface area contributed by atoms with Crippen molar-refractivity contribution in [2.24, 2.45) is 0 Å². The monoisotopic (exact) mass is 361 g/mol. The first kappa shape index (κ1) is 17.6. The van der Waals surface area contributed by atoms with E-state index in [0.29, 0.717) is 12.8 Å². The zero-order valence-corrected chi connectivity index (χ0v) is 14.2. The lowest BCUT2D eigenvalue weighted by Gasteiger charge is -2.25. The summed E-state index contributed by atoms with van der Waals surface area (Å²) in [7, 11) is -1.10. The van der Waals surface area contributed by atoms with Crippen molar-refractivity contribution in [3.8, 4) is 0 Å². The van der Waals surface area contributed by atoms with Gasteiger partial charge in [-0.1, -0.05) is 11.6 Å². The summed E-state index contributed by atoms with van der Waals surface area (Å²) < 4.78 is 26.7. The van der Waals surface area contributed by atoms with Crippen LogP contribution in [0.15, 0.2) is 23.1 Å². The van der Waals surface area contributed by atoms with Gasteiger partial charge in [-0.2, -0.15) is 4.31 Å². The molecule has 1 fully saturated rings. The maximum Gasteiger partial charge on any atom is 0.290 e. The third-order valence-electron chi connectivity index (χ3n) is 3.63. The second-order valence-electron chi connectivity index (χ2n) is 5.38. The van der Waals surface area contributed by atoms with Gasteiger partial charge in [-0.15, -0.1) is 0 Å². The van der Waals surface area contributed by atoms with E-state index in [9.17, 15) is 23.3 Å². The number of rotatable bonds is 4. The summed E-state index contributed by atoms with van der Waals surface area (Å²) in [6.07, 6.45) is 0.905. The molecular weight excluding hydrogens is 346 g/mol. The molecule has 1 aromatic carbocycles. The van der Waals surface area contributed by atoms with Crippen LogP contribution in [0.1, 0.15) is 12.8 Å². The van der Waals surface area contributed by atoms with Crippen LogP contribution in [-0.2, 0) is 14.8 Å². The fraction of sp³-hybridized carbons (Fsp3) is 0.462. The molecular formula is C13H16ClN3O5S. The second-order valence-corrected chi connectivity index (χ2v) is 7.67. The third kappa shape index (κ3) is 3.31. The number of nitro groups is 1. The Kier molecular flexibility index (Phi) is 4.92. The van der Waals surface area contributed by atoms with Crippen LogP contribution in [0.4, 0.5) is 5.69 Å². The maximum absolute atomic E-state index is 12.8. The molecule has 1 aromatic rings. The van der Waals surface area contributed by atoms with Crippen molar-refractivity contribution >= 4 is 33.2 Å². The average molecular weight is 362 g/mol. The summed E-state index contributed by atoms with van der Waals surface area (Å²) >= 11 is 5.72. The van der Waals surface area contributed by atoms with Crippen LogP contribution in [0.5, 0.6) is 0 Å². The van der Waals surface area contributed by atoms with Gasteiger partial charge >= 0.3 is 0 Å². The van der Waals surface area contributed by atoms with Gasteiger partial charge in [0.05, 0.1) is 4.92 Å². The lowest BCUT2D eigenvalue weighted by Crippen LogP contribution is -2.45. The number of carbonyl (C=O) groups excluding carboxylic acids is 1. The summed E-state index contributed by atoms with van der Waals surface area (Å²) in [5.74, 6) is -0.345. The van der Waals surface area contributed by atoms with E-state index in [4.69, 9.17) is 11.6 Å². The van der Waals surface area contributed by atoms with E-state index in [1.165, 1.54) is 25.1 Å². The largest absolute Gasteiger partial charge is 0.347 e. The van der Waals surface area contributed by atoms with Gasteiger partial charge in [0, 0.05) is 31.7 Å². The van der Waals surface area contributed by atoms with Gasteiger partial charge in [-0.25, -0.2) is 8.42 Å². The van der Waals surface area contributed by atoms with E-state index in [1.54, 1.807) is 0 Å². The number of nitro benzene ring substituents is 1. The Morgan fingerprint density at radius 1 is 1.43 bits per heavy atom. The molecule has 8 nitrogen and oxygen atoms in total. The summed E-state index contributed by atoms with van der Waals surface area (Å²) in [6.45, 7) is 0.145. The highest BCUT2D eigenvalue weighted by Gasteiger charge is 2.42. The predicted molar refractivity (Wildman–Crippen MR) is 83.7 cm³/mol. The molecule has 0 N–H and O–H groups in total. The van der Waals surface area contributed by atoms with Gasteiger partial charge in [0.2, 0.25) is 5.91 Å². The van der Waals surface area contributed by atoms with Crippen molar-refractivity contribution in [2.75, 3.05) is 20.6 Å². The quantitative estimate of drug-likeness (QED) is 0.597. The van der Waals surface area contributed by atoms with Crippen molar-refractivity contribution in [1.29, 1.82) is 0 Å². The normalized spacial score (nSPS) is 18.8. The standard InChI is InChI=1S/C13H16ClN3O5S/c1-15(2)13(18)10-4-3-7-16(10)23(21,22)12-6-5-9(14)8-11(12)17(19)20/h5-6,8,10H,3-4,7H2,1-2H3. The first-order valence-corrected chi connectivity index (χ1v) is 8.65. The number of likely N-dealkylation sites (N-methyl/N-ethyl adjacent to an activating group) is 1. The molecule has 126 valence electrons. The Balaban J connectivity index is 2.50. The Morgan fingerprint density at radius 3 is 2.65 bits per heavy atom.